The molecule has 0 aliphatic carbocycles. The summed E-state index contributed by atoms with van der Waals surface area (Å²) < 4.78 is 5.30. The Morgan fingerprint density at radius 2 is 2.12 bits per heavy atom. The van der Waals surface area contributed by atoms with Crippen LogP contribution in [0.4, 0.5) is 0 Å². The number of benzene rings is 1. The summed E-state index contributed by atoms with van der Waals surface area (Å²) in [7, 11) is 0. The molecule has 132 valence electrons. The number of esters is 1. The van der Waals surface area contributed by atoms with Gasteiger partial charge in [0.1, 0.15) is 11.8 Å². The van der Waals surface area contributed by atoms with Gasteiger partial charge in [-0.25, -0.2) is 0 Å². The molecule has 1 fully saturated rings. The van der Waals surface area contributed by atoms with Crippen molar-refractivity contribution in [2.75, 3.05) is 0 Å². The van der Waals surface area contributed by atoms with Crippen molar-refractivity contribution in [3.05, 3.63) is 29.3 Å². The second kappa shape index (κ2) is 7.04. The molecule has 0 saturated carbocycles. The zero-order valence-electron chi connectivity index (χ0n) is 14.0. The number of amides is 3. The van der Waals surface area contributed by atoms with Gasteiger partial charge in [0.05, 0.1) is 0 Å². The van der Waals surface area contributed by atoms with Gasteiger partial charge in [0.15, 0.2) is 0 Å². The molecule has 0 bridgehead atoms. The van der Waals surface area contributed by atoms with Crippen molar-refractivity contribution < 1.29 is 23.9 Å². The average molecular weight is 344 g/mol. The fourth-order valence-corrected chi connectivity index (χ4v) is 3.12. The van der Waals surface area contributed by atoms with E-state index in [-0.39, 0.29) is 30.7 Å². The number of nitrogens with zero attached hydrogens (tertiary/aromatic N) is 1. The Bertz CT molecular complexity index is 743. The Kier molecular flexibility index (Phi) is 4.83. The fraction of sp³-hybridized carbons (Fsp3) is 0.444. The van der Waals surface area contributed by atoms with Crippen molar-refractivity contribution >= 4 is 23.7 Å². The molecule has 1 saturated heterocycles. The Labute approximate surface area is 145 Å². The van der Waals surface area contributed by atoms with Crippen LogP contribution in [0.5, 0.6) is 5.75 Å². The number of nitrogens with one attached hydrogen (secondary N) is 1. The molecule has 0 radical (unpaired) electrons. The van der Waals surface area contributed by atoms with E-state index in [0.717, 1.165) is 18.4 Å². The number of fused-ring (bicyclic) bond motifs is 1. The summed E-state index contributed by atoms with van der Waals surface area (Å²) in [5.74, 6) is -0.894. The van der Waals surface area contributed by atoms with Gasteiger partial charge in [0.25, 0.3) is 5.91 Å². The van der Waals surface area contributed by atoms with E-state index in [9.17, 15) is 19.2 Å². The standard InChI is InChI=1S/C18H20N2O5/c1-2-3-4-16(22)25-12-5-6-13-11(9-12)10-20(18(13)24)14-7-8-15(21)19-17(14)23/h5-6,9,14H,2-4,7-8,10H2,1H3,(H,19,21,23). The summed E-state index contributed by atoms with van der Waals surface area (Å²) in [4.78, 5) is 49.0. The molecule has 2 heterocycles. The van der Waals surface area contributed by atoms with Gasteiger partial charge >= 0.3 is 5.97 Å². The van der Waals surface area contributed by atoms with Crippen LogP contribution < -0.4 is 10.1 Å². The van der Waals surface area contributed by atoms with Crippen molar-refractivity contribution in [3.8, 4) is 5.75 Å². The van der Waals surface area contributed by atoms with Crippen molar-refractivity contribution in [2.24, 2.45) is 0 Å². The number of carbonyl (C=O) groups is 4. The lowest BCUT2D eigenvalue weighted by atomic mass is 10.0. The summed E-state index contributed by atoms with van der Waals surface area (Å²) in [5, 5.41) is 2.27. The summed E-state index contributed by atoms with van der Waals surface area (Å²) >= 11 is 0. The Balaban J connectivity index is 1.72. The Hall–Kier alpha value is -2.70. The molecule has 25 heavy (non-hydrogen) atoms. The number of hydrogen-bond donors (Lipinski definition) is 1. The number of hydrogen-bond acceptors (Lipinski definition) is 5. The van der Waals surface area contributed by atoms with E-state index in [4.69, 9.17) is 4.74 Å². The minimum atomic E-state index is -0.645. The third-order valence-electron chi connectivity index (χ3n) is 4.46. The number of carbonyl (C=O) groups excluding carboxylic acids is 4. The van der Waals surface area contributed by atoms with Gasteiger partial charge in [0, 0.05) is 24.9 Å². The van der Waals surface area contributed by atoms with Gasteiger partial charge in [-0.1, -0.05) is 13.3 Å². The molecule has 1 aromatic rings. The average Bonchev–Trinajstić information content (AvgIpc) is 2.89. The molecular weight excluding hydrogens is 324 g/mol. The monoisotopic (exact) mass is 344 g/mol. The molecule has 2 aliphatic heterocycles. The number of unbranched alkanes of at least 4 members (excludes halogenated alkanes) is 1. The highest BCUT2D eigenvalue weighted by Gasteiger charge is 2.39. The highest BCUT2D eigenvalue weighted by Crippen LogP contribution is 2.30. The van der Waals surface area contributed by atoms with E-state index >= 15 is 0 Å². The second-order valence-electron chi connectivity index (χ2n) is 6.30. The van der Waals surface area contributed by atoms with Crippen LogP contribution in [0.15, 0.2) is 18.2 Å². The first-order valence-corrected chi connectivity index (χ1v) is 8.48. The van der Waals surface area contributed by atoms with Crippen molar-refractivity contribution in [3.63, 3.8) is 0 Å². The maximum absolute atomic E-state index is 12.6. The Morgan fingerprint density at radius 3 is 2.84 bits per heavy atom. The molecule has 1 unspecified atom stereocenters. The van der Waals surface area contributed by atoms with Crippen LogP contribution in [0.3, 0.4) is 0 Å². The van der Waals surface area contributed by atoms with Gasteiger partial charge in [0.2, 0.25) is 11.8 Å². The predicted octanol–water partition coefficient (Wildman–Crippen LogP) is 1.54. The molecule has 2 aliphatic rings. The molecule has 3 amide bonds. The van der Waals surface area contributed by atoms with E-state index < -0.39 is 11.9 Å². The molecule has 3 rings (SSSR count). The van der Waals surface area contributed by atoms with Crippen molar-refractivity contribution in [1.29, 1.82) is 0 Å². The summed E-state index contributed by atoms with van der Waals surface area (Å²) in [6.45, 7) is 2.26. The Morgan fingerprint density at radius 1 is 1.32 bits per heavy atom. The topological polar surface area (TPSA) is 92.8 Å². The quantitative estimate of drug-likeness (QED) is 0.497. The van der Waals surface area contributed by atoms with Gasteiger partial charge in [-0.3, -0.25) is 24.5 Å². The molecule has 1 aromatic carbocycles. The molecule has 1 N–H and O–H groups in total. The molecule has 7 nitrogen and oxygen atoms in total. The first-order valence-electron chi connectivity index (χ1n) is 8.48. The second-order valence-corrected chi connectivity index (χ2v) is 6.30. The zero-order chi connectivity index (χ0) is 18.0. The minimum absolute atomic E-state index is 0.219. The smallest absolute Gasteiger partial charge is 0.311 e. The van der Waals surface area contributed by atoms with Crippen LogP contribution >= 0.6 is 0 Å². The lowest BCUT2D eigenvalue weighted by molar-refractivity contribution is -0.137. The van der Waals surface area contributed by atoms with E-state index in [1.165, 1.54) is 4.90 Å². The number of imide groups is 1. The third-order valence-corrected chi connectivity index (χ3v) is 4.46. The summed E-state index contributed by atoms with van der Waals surface area (Å²) in [6, 6.07) is 4.23. The normalized spacial score (nSPS) is 19.6. The van der Waals surface area contributed by atoms with E-state index in [0.29, 0.717) is 24.2 Å². The lowest BCUT2D eigenvalue weighted by Crippen LogP contribution is -2.52. The first-order chi connectivity index (χ1) is 12.0. The van der Waals surface area contributed by atoms with E-state index in [1.54, 1.807) is 18.2 Å². The maximum atomic E-state index is 12.6. The molecule has 1 atom stereocenters. The van der Waals surface area contributed by atoms with Crippen LogP contribution in [0, 0.1) is 0 Å². The number of piperidine rings is 1. The van der Waals surface area contributed by atoms with Crippen LogP contribution in [0.1, 0.15) is 54.9 Å². The third kappa shape index (κ3) is 3.55. The predicted molar refractivity (Wildman–Crippen MR) is 87.6 cm³/mol. The van der Waals surface area contributed by atoms with Gasteiger partial charge in [-0.05, 0) is 36.6 Å². The van der Waals surface area contributed by atoms with E-state index in [1.807, 2.05) is 6.92 Å². The van der Waals surface area contributed by atoms with Crippen LogP contribution in [0.2, 0.25) is 0 Å². The highest BCUT2D eigenvalue weighted by atomic mass is 16.5. The largest absolute Gasteiger partial charge is 0.427 e. The van der Waals surface area contributed by atoms with E-state index in [2.05, 4.69) is 5.32 Å². The van der Waals surface area contributed by atoms with Gasteiger partial charge in [-0.2, -0.15) is 0 Å². The van der Waals surface area contributed by atoms with Crippen LogP contribution in [0.25, 0.3) is 0 Å². The molecule has 0 aromatic heterocycles. The SMILES string of the molecule is CCCCC(=O)Oc1ccc2c(c1)CN(C1CCC(=O)NC1=O)C2=O. The molecular formula is C18H20N2O5. The summed E-state index contributed by atoms with van der Waals surface area (Å²) in [6.07, 6.45) is 2.58. The maximum Gasteiger partial charge on any atom is 0.311 e. The summed E-state index contributed by atoms with van der Waals surface area (Å²) in [5.41, 5.74) is 1.22. The van der Waals surface area contributed by atoms with Crippen molar-refractivity contribution in [1.82, 2.24) is 10.2 Å². The number of rotatable bonds is 5. The fourth-order valence-electron chi connectivity index (χ4n) is 3.12. The number of ether oxygens (including phenoxy) is 1. The highest BCUT2D eigenvalue weighted by molar-refractivity contribution is 6.05. The van der Waals surface area contributed by atoms with Crippen LogP contribution in [-0.2, 0) is 20.9 Å². The minimum Gasteiger partial charge on any atom is -0.427 e. The first kappa shape index (κ1) is 17.1. The lowest BCUT2D eigenvalue weighted by Gasteiger charge is -2.29. The molecule has 7 heteroatoms. The van der Waals surface area contributed by atoms with Crippen LogP contribution in [-0.4, -0.2) is 34.6 Å². The van der Waals surface area contributed by atoms with Crippen molar-refractivity contribution in [2.45, 2.75) is 51.6 Å². The van der Waals surface area contributed by atoms with Gasteiger partial charge < -0.3 is 9.64 Å². The van der Waals surface area contributed by atoms with Gasteiger partial charge in [-0.15, -0.1) is 0 Å². The molecule has 0 spiro atoms. The zero-order valence-corrected chi connectivity index (χ0v) is 14.0.